The fourth-order valence-corrected chi connectivity index (χ4v) is 1.86. The third kappa shape index (κ3) is 2.44. The maximum absolute atomic E-state index is 11.7. The summed E-state index contributed by atoms with van der Waals surface area (Å²) >= 11 is 0. The van der Waals surface area contributed by atoms with E-state index in [4.69, 9.17) is 9.25 Å². The number of rotatable bonds is 3. The number of hydrogen-bond donors (Lipinski definition) is 0. The molecule has 0 spiro atoms. The Morgan fingerprint density at radius 2 is 1.90 bits per heavy atom. The third-order valence-corrected chi connectivity index (χ3v) is 2.81. The van der Waals surface area contributed by atoms with Crippen molar-refractivity contribution in [1.29, 1.82) is 0 Å². The molecule has 1 aliphatic heterocycles. The van der Waals surface area contributed by atoms with E-state index >= 15 is 0 Å². The van der Waals surface area contributed by atoms with E-state index in [0.717, 1.165) is 5.56 Å². The largest absolute Gasteiger partial charge is 0.465 e. The number of benzene rings is 1. The maximum Gasteiger partial charge on any atom is 0.368 e. The molecule has 20 heavy (non-hydrogen) atoms. The van der Waals surface area contributed by atoms with Gasteiger partial charge in [0.25, 0.3) is 0 Å². The van der Waals surface area contributed by atoms with Crippen molar-refractivity contribution in [3.8, 4) is 0 Å². The molecule has 2 aromatic rings. The molecule has 0 fully saturated rings. The van der Waals surface area contributed by atoms with Crippen LogP contribution >= 0.6 is 0 Å². The summed E-state index contributed by atoms with van der Waals surface area (Å²) in [5.74, 6) is 0.263. The average molecular weight is 265 g/mol. The van der Waals surface area contributed by atoms with E-state index in [1.165, 1.54) is 0 Å². The summed E-state index contributed by atoms with van der Waals surface area (Å²) in [6.45, 7) is 0. The zero-order valence-corrected chi connectivity index (χ0v) is 10.5. The van der Waals surface area contributed by atoms with Crippen LogP contribution in [0.4, 0.5) is 0 Å². The van der Waals surface area contributed by atoms with Crippen molar-refractivity contribution in [2.75, 3.05) is 0 Å². The first kappa shape index (κ1) is 12.2. The number of allylic oxidation sites excluding steroid dienone is 2. The molecule has 98 valence electrons. The molecule has 4 heteroatoms. The average Bonchev–Trinajstić information content (AvgIpc) is 3.11. The number of hydrogen-bond acceptors (Lipinski definition) is 4. The van der Waals surface area contributed by atoms with Gasteiger partial charge in [-0.1, -0.05) is 41.6 Å². The minimum Gasteiger partial charge on any atom is -0.465 e. The van der Waals surface area contributed by atoms with Gasteiger partial charge in [0.2, 0.25) is 0 Å². The zero-order chi connectivity index (χ0) is 13.8. The van der Waals surface area contributed by atoms with Gasteiger partial charge in [0.1, 0.15) is 11.5 Å². The molecule has 0 amide bonds. The van der Waals surface area contributed by atoms with E-state index in [0.29, 0.717) is 17.0 Å². The molecule has 1 aliphatic rings. The van der Waals surface area contributed by atoms with Gasteiger partial charge in [0, 0.05) is 5.56 Å². The second-order valence-electron chi connectivity index (χ2n) is 4.14. The minimum absolute atomic E-state index is 0.430. The molecule has 1 aromatic heterocycles. The van der Waals surface area contributed by atoms with Crippen LogP contribution in [0.2, 0.25) is 0 Å². The first-order chi connectivity index (χ1) is 9.84. The fourth-order valence-electron chi connectivity index (χ4n) is 1.86. The van der Waals surface area contributed by atoms with Crippen LogP contribution in [0.1, 0.15) is 11.3 Å². The van der Waals surface area contributed by atoms with Gasteiger partial charge in [-0.2, -0.15) is 0 Å². The fraction of sp³-hybridized carbons (Fsp3) is 0. The van der Waals surface area contributed by atoms with Gasteiger partial charge in [-0.05, 0) is 24.3 Å². The molecule has 0 N–H and O–H groups in total. The van der Waals surface area contributed by atoms with Crippen molar-refractivity contribution in [3.05, 3.63) is 77.8 Å². The monoisotopic (exact) mass is 265 g/mol. The van der Waals surface area contributed by atoms with E-state index in [1.807, 2.05) is 36.4 Å². The lowest BCUT2D eigenvalue weighted by molar-refractivity contribution is -0.136. The van der Waals surface area contributed by atoms with E-state index in [2.05, 4.69) is 5.16 Å². The maximum atomic E-state index is 11.7. The predicted octanol–water partition coefficient (Wildman–Crippen LogP) is 3.18. The summed E-state index contributed by atoms with van der Waals surface area (Å²) in [5.41, 5.74) is 1.81. The quantitative estimate of drug-likeness (QED) is 0.632. The summed E-state index contributed by atoms with van der Waals surface area (Å²) in [6.07, 6.45) is 6.76. The van der Waals surface area contributed by atoms with E-state index in [9.17, 15) is 4.79 Å². The minimum atomic E-state index is -0.451. The van der Waals surface area contributed by atoms with Gasteiger partial charge in [-0.25, -0.2) is 4.79 Å². The first-order valence-electron chi connectivity index (χ1n) is 6.11. The number of carbonyl (C=O) groups is 1. The lowest BCUT2D eigenvalue weighted by Crippen LogP contribution is -2.06. The van der Waals surface area contributed by atoms with Crippen molar-refractivity contribution >= 4 is 17.8 Å². The molecule has 0 atom stereocenters. The van der Waals surface area contributed by atoms with Crippen molar-refractivity contribution in [3.63, 3.8) is 0 Å². The van der Waals surface area contributed by atoms with Gasteiger partial charge >= 0.3 is 5.97 Å². The van der Waals surface area contributed by atoms with Crippen LogP contribution in [0.3, 0.4) is 0 Å². The Morgan fingerprint density at radius 1 is 1.05 bits per heavy atom. The topological polar surface area (TPSA) is 51.8 Å². The SMILES string of the molecule is O=C1ON=C(c2ccccc2)C1=CC=Cc1ccco1. The Labute approximate surface area is 115 Å². The molecule has 0 bridgehead atoms. The van der Waals surface area contributed by atoms with Crippen molar-refractivity contribution in [1.82, 2.24) is 0 Å². The first-order valence-corrected chi connectivity index (χ1v) is 6.11. The third-order valence-electron chi connectivity index (χ3n) is 2.81. The molecule has 4 nitrogen and oxygen atoms in total. The molecule has 2 heterocycles. The highest BCUT2D eigenvalue weighted by atomic mass is 16.7. The molecular formula is C16H11NO3. The molecule has 0 unspecified atom stereocenters. The van der Waals surface area contributed by atoms with Gasteiger partial charge < -0.3 is 9.25 Å². The van der Waals surface area contributed by atoms with Crippen LogP contribution in [0.25, 0.3) is 6.08 Å². The number of carbonyl (C=O) groups excluding carboxylic acids is 1. The predicted molar refractivity (Wildman–Crippen MR) is 74.9 cm³/mol. The van der Waals surface area contributed by atoms with Crippen LogP contribution in [-0.4, -0.2) is 11.7 Å². The van der Waals surface area contributed by atoms with Gasteiger partial charge in [-0.3, -0.25) is 0 Å². The second kappa shape index (κ2) is 5.40. The van der Waals surface area contributed by atoms with Crippen LogP contribution in [0.5, 0.6) is 0 Å². The molecule has 0 saturated heterocycles. The standard InChI is InChI=1S/C16H11NO3/c18-16-14(10-4-8-13-9-5-11-19-13)15(17-20-16)12-6-2-1-3-7-12/h1-11H. The van der Waals surface area contributed by atoms with Crippen molar-refractivity contribution in [2.45, 2.75) is 0 Å². The van der Waals surface area contributed by atoms with Crippen LogP contribution in [0.15, 0.2) is 76.0 Å². The number of furan rings is 1. The Hall–Kier alpha value is -2.88. The van der Waals surface area contributed by atoms with Gasteiger partial charge in [0.05, 0.1) is 11.8 Å². The van der Waals surface area contributed by atoms with E-state index < -0.39 is 5.97 Å². The molecule has 0 aliphatic carbocycles. The Balaban J connectivity index is 1.87. The summed E-state index contributed by atoms with van der Waals surface area (Å²) in [7, 11) is 0. The normalized spacial score (nSPS) is 16.7. The van der Waals surface area contributed by atoms with Crippen LogP contribution in [0, 0.1) is 0 Å². The highest BCUT2D eigenvalue weighted by Crippen LogP contribution is 2.18. The van der Waals surface area contributed by atoms with E-state index in [1.54, 1.807) is 30.6 Å². The lowest BCUT2D eigenvalue weighted by Gasteiger charge is -1.97. The molecular weight excluding hydrogens is 254 g/mol. The van der Waals surface area contributed by atoms with Crippen LogP contribution < -0.4 is 0 Å². The molecule has 1 aromatic carbocycles. The second-order valence-corrected chi connectivity index (χ2v) is 4.14. The Kier molecular flexibility index (Phi) is 3.29. The van der Waals surface area contributed by atoms with E-state index in [-0.39, 0.29) is 0 Å². The summed E-state index contributed by atoms with van der Waals surface area (Å²) < 4.78 is 5.17. The van der Waals surface area contributed by atoms with Crippen LogP contribution in [-0.2, 0) is 9.63 Å². The molecule has 0 saturated carbocycles. The highest BCUT2D eigenvalue weighted by molar-refractivity contribution is 6.28. The van der Waals surface area contributed by atoms with Gasteiger partial charge in [-0.15, -0.1) is 0 Å². The molecule has 0 radical (unpaired) electrons. The summed E-state index contributed by atoms with van der Waals surface area (Å²) in [4.78, 5) is 16.4. The van der Waals surface area contributed by atoms with Crippen molar-refractivity contribution in [2.24, 2.45) is 5.16 Å². The number of nitrogens with zero attached hydrogens (tertiary/aromatic N) is 1. The lowest BCUT2D eigenvalue weighted by atomic mass is 10.0. The highest BCUT2D eigenvalue weighted by Gasteiger charge is 2.25. The number of oxime groups is 1. The zero-order valence-electron chi connectivity index (χ0n) is 10.5. The Bertz CT molecular complexity index is 695. The Morgan fingerprint density at radius 3 is 2.65 bits per heavy atom. The van der Waals surface area contributed by atoms with Crippen molar-refractivity contribution < 1.29 is 14.0 Å². The molecule has 3 rings (SSSR count). The summed E-state index contributed by atoms with van der Waals surface area (Å²) in [6, 6.07) is 13.1. The summed E-state index contributed by atoms with van der Waals surface area (Å²) in [5, 5.41) is 3.83. The smallest absolute Gasteiger partial charge is 0.368 e. The van der Waals surface area contributed by atoms with Gasteiger partial charge in [0.15, 0.2) is 0 Å².